The first-order valence-corrected chi connectivity index (χ1v) is 5.94. The average Bonchev–Trinajstić information content (AvgIpc) is 2.40. The lowest BCUT2D eigenvalue weighted by Gasteiger charge is -2.18. The Morgan fingerprint density at radius 3 is 2.53 bits per heavy atom. The molecule has 0 radical (unpaired) electrons. The van der Waals surface area contributed by atoms with Crippen LogP contribution < -0.4 is 5.32 Å². The van der Waals surface area contributed by atoms with Gasteiger partial charge in [-0.25, -0.2) is 0 Å². The van der Waals surface area contributed by atoms with Crippen LogP contribution in [-0.2, 0) is 4.79 Å². The van der Waals surface area contributed by atoms with Crippen LogP contribution in [0.4, 0.5) is 5.69 Å². The number of nitrogens with zero attached hydrogens (tertiary/aromatic N) is 2. The minimum absolute atomic E-state index is 0.161. The molecule has 4 nitrogen and oxygen atoms in total. The van der Waals surface area contributed by atoms with Crippen molar-refractivity contribution in [3.63, 3.8) is 0 Å². The Labute approximate surface area is 113 Å². The molecule has 0 saturated carbocycles. The first-order chi connectivity index (χ1) is 9.21. The van der Waals surface area contributed by atoms with Gasteiger partial charge in [0.2, 0.25) is 5.91 Å². The van der Waals surface area contributed by atoms with E-state index in [4.69, 9.17) is 5.26 Å². The van der Waals surface area contributed by atoms with Crippen LogP contribution in [0.1, 0.15) is 5.56 Å². The summed E-state index contributed by atoms with van der Waals surface area (Å²) in [6, 6.07) is 8.96. The SMILES string of the molecule is C=CCN(CC=C)CC(=O)Nc1ccccc1C#N. The summed E-state index contributed by atoms with van der Waals surface area (Å²) < 4.78 is 0. The molecule has 0 saturated heterocycles. The van der Waals surface area contributed by atoms with Gasteiger partial charge in [-0.2, -0.15) is 5.26 Å². The topological polar surface area (TPSA) is 56.1 Å². The summed E-state index contributed by atoms with van der Waals surface area (Å²) in [7, 11) is 0. The van der Waals surface area contributed by atoms with Crippen LogP contribution in [-0.4, -0.2) is 30.4 Å². The van der Waals surface area contributed by atoms with Gasteiger partial charge < -0.3 is 5.32 Å². The first kappa shape index (κ1) is 14.7. The van der Waals surface area contributed by atoms with E-state index in [0.717, 1.165) is 0 Å². The average molecular weight is 255 g/mol. The second-order valence-electron chi connectivity index (χ2n) is 3.98. The number of benzene rings is 1. The minimum Gasteiger partial charge on any atom is -0.324 e. The Morgan fingerprint density at radius 2 is 1.95 bits per heavy atom. The van der Waals surface area contributed by atoms with Crippen molar-refractivity contribution in [2.45, 2.75) is 0 Å². The molecular formula is C15H17N3O. The van der Waals surface area contributed by atoms with Gasteiger partial charge in [-0.05, 0) is 12.1 Å². The van der Waals surface area contributed by atoms with Crippen LogP contribution in [0.3, 0.4) is 0 Å². The van der Waals surface area contributed by atoms with Gasteiger partial charge in [0, 0.05) is 13.1 Å². The molecule has 1 amide bonds. The maximum Gasteiger partial charge on any atom is 0.238 e. The highest BCUT2D eigenvalue weighted by atomic mass is 16.2. The van der Waals surface area contributed by atoms with E-state index < -0.39 is 0 Å². The van der Waals surface area contributed by atoms with Gasteiger partial charge in [0.05, 0.1) is 17.8 Å². The van der Waals surface area contributed by atoms with Crippen molar-refractivity contribution in [2.75, 3.05) is 25.0 Å². The van der Waals surface area contributed by atoms with E-state index in [1.165, 1.54) is 0 Å². The second kappa shape index (κ2) is 7.85. The van der Waals surface area contributed by atoms with Crippen molar-refractivity contribution < 1.29 is 4.79 Å². The van der Waals surface area contributed by atoms with Crippen molar-refractivity contribution in [1.29, 1.82) is 5.26 Å². The Bertz CT molecular complexity index is 492. The highest BCUT2D eigenvalue weighted by Gasteiger charge is 2.10. The molecule has 0 aliphatic rings. The summed E-state index contributed by atoms with van der Waals surface area (Å²) in [5.41, 5.74) is 0.988. The molecule has 0 aliphatic carbocycles. The lowest BCUT2D eigenvalue weighted by atomic mass is 10.2. The lowest BCUT2D eigenvalue weighted by Crippen LogP contribution is -2.33. The number of hydrogen-bond donors (Lipinski definition) is 1. The minimum atomic E-state index is -0.161. The third-order valence-electron chi connectivity index (χ3n) is 2.46. The smallest absolute Gasteiger partial charge is 0.238 e. The number of carbonyl (C=O) groups is 1. The van der Waals surface area contributed by atoms with Crippen LogP contribution in [0.5, 0.6) is 0 Å². The lowest BCUT2D eigenvalue weighted by molar-refractivity contribution is -0.117. The number of nitrogens with one attached hydrogen (secondary N) is 1. The molecule has 0 atom stereocenters. The summed E-state index contributed by atoms with van der Waals surface area (Å²) in [5.74, 6) is -0.161. The maximum atomic E-state index is 11.9. The molecule has 0 unspecified atom stereocenters. The standard InChI is InChI=1S/C15H17N3O/c1-3-9-18(10-4-2)12-15(19)17-14-8-6-5-7-13(14)11-16/h3-8H,1-2,9-10,12H2,(H,17,19). The van der Waals surface area contributed by atoms with Crippen LogP contribution in [0.15, 0.2) is 49.6 Å². The zero-order valence-corrected chi connectivity index (χ0v) is 10.8. The molecule has 0 aliphatic heterocycles. The Hall–Kier alpha value is -2.38. The fourth-order valence-electron chi connectivity index (χ4n) is 1.65. The van der Waals surface area contributed by atoms with E-state index in [1.807, 2.05) is 11.0 Å². The number of nitriles is 1. The molecule has 0 spiro atoms. The summed E-state index contributed by atoms with van der Waals surface area (Å²) in [5, 5.41) is 11.7. The van der Waals surface area contributed by atoms with E-state index in [-0.39, 0.29) is 12.5 Å². The highest BCUT2D eigenvalue weighted by Crippen LogP contribution is 2.13. The van der Waals surface area contributed by atoms with Crippen LogP contribution in [0.2, 0.25) is 0 Å². The van der Waals surface area contributed by atoms with E-state index in [1.54, 1.807) is 36.4 Å². The number of hydrogen-bond acceptors (Lipinski definition) is 3. The molecule has 0 bridgehead atoms. The largest absolute Gasteiger partial charge is 0.324 e. The van der Waals surface area contributed by atoms with Crippen molar-refractivity contribution >= 4 is 11.6 Å². The quantitative estimate of drug-likeness (QED) is 0.760. The van der Waals surface area contributed by atoms with Gasteiger partial charge in [0.25, 0.3) is 0 Å². The van der Waals surface area contributed by atoms with Crippen LogP contribution in [0.25, 0.3) is 0 Å². The van der Waals surface area contributed by atoms with Crippen molar-refractivity contribution in [1.82, 2.24) is 4.90 Å². The van der Waals surface area contributed by atoms with Crippen molar-refractivity contribution in [2.24, 2.45) is 0 Å². The molecule has 0 fully saturated rings. The molecule has 1 aromatic rings. The van der Waals surface area contributed by atoms with Gasteiger partial charge in [-0.3, -0.25) is 9.69 Å². The molecule has 4 heteroatoms. The number of rotatable bonds is 7. The third kappa shape index (κ3) is 4.78. The monoisotopic (exact) mass is 255 g/mol. The molecule has 19 heavy (non-hydrogen) atoms. The molecule has 1 aromatic carbocycles. The zero-order chi connectivity index (χ0) is 14.1. The zero-order valence-electron chi connectivity index (χ0n) is 10.8. The van der Waals surface area contributed by atoms with Gasteiger partial charge in [-0.15, -0.1) is 13.2 Å². The number of para-hydroxylation sites is 1. The van der Waals surface area contributed by atoms with Crippen molar-refractivity contribution in [3.05, 3.63) is 55.1 Å². The van der Waals surface area contributed by atoms with Crippen LogP contribution in [0, 0.1) is 11.3 Å². The van der Waals surface area contributed by atoms with E-state index in [9.17, 15) is 4.79 Å². The second-order valence-corrected chi connectivity index (χ2v) is 3.98. The maximum absolute atomic E-state index is 11.9. The highest BCUT2D eigenvalue weighted by molar-refractivity contribution is 5.93. The predicted molar refractivity (Wildman–Crippen MR) is 76.6 cm³/mol. The fourth-order valence-corrected chi connectivity index (χ4v) is 1.65. The number of carbonyl (C=O) groups excluding carboxylic acids is 1. The molecule has 0 aromatic heterocycles. The molecule has 1 N–H and O–H groups in total. The van der Waals surface area contributed by atoms with E-state index in [0.29, 0.717) is 24.3 Å². The van der Waals surface area contributed by atoms with E-state index >= 15 is 0 Å². The van der Waals surface area contributed by atoms with Crippen molar-refractivity contribution in [3.8, 4) is 6.07 Å². The predicted octanol–water partition coefficient (Wildman–Crippen LogP) is 2.17. The van der Waals surface area contributed by atoms with Gasteiger partial charge in [0.15, 0.2) is 0 Å². The fraction of sp³-hybridized carbons (Fsp3) is 0.200. The van der Waals surface area contributed by atoms with Gasteiger partial charge in [0.1, 0.15) is 6.07 Å². The normalized spacial score (nSPS) is 9.68. The Kier molecular flexibility index (Phi) is 6.07. The molecular weight excluding hydrogens is 238 g/mol. The molecule has 0 heterocycles. The Morgan fingerprint density at radius 1 is 1.32 bits per heavy atom. The van der Waals surface area contributed by atoms with Gasteiger partial charge in [-0.1, -0.05) is 24.3 Å². The summed E-state index contributed by atoms with van der Waals surface area (Å²) in [6.45, 7) is 8.76. The number of anilines is 1. The third-order valence-corrected chi connectivity index (χ3v) is 2.46. The number of amides is 1. The Balaban J connectivity index is 2.66. The van der Waals surface area contributed by atoms with Gasteiger partial charge >= 0.3 is 0 Å². The summed E-state index contributed by atoms with van der Waals surface area (Å²) >= 11 is 0. The van der Waals surface area contributed by atoms with Crippen LogP contribution >= 0.6 is 0 Å². The van der Waals surface area contributed by atoms with E-state index in [2.05, 4.69) is 18.5 Å². The molecule has 98 valence electrons. The molecule has 1 rings (SSSR count). The first-order valence-electron chi connectivity index (χ1n) is 5.94. The summed E-state index contributed by atoms with van der Waals surface area (Å²) in [6.07, 6.45) is 3.47. The summed E-state index contributed by atoms with van der Waals surface area (Å²) in [4.78, 5) is 13.8.